The minimum absolute atomic E-state index is 0.0204. The molecular weight excluding hydrogens is 810 g/mol. The van der Waals surface area contributed by atoms with Crippen LogP contribution in [0.1, 0.15) is 55.9 Å². The van der Waals surface area contributed by atoms with Gasteiger partial charge in [0.1, 0.15) is 7.05 Å². The normalized spacial score (nSPS) is 15.1. The van der Waals surface area contributed by atoms with E-state index in [0.717, 1.165) is 17.0 Å². The van der Waals surface area contributed by atoms with Gasteiger partial charge >= 0.3 is 0 Å². The van der Waals surface area contributed by atoms with E-state index >= 15 is 0 Å². The molecule has 0 fully saturated rings. The Labute approximate surface area is 354 Å². The van der Waals surface area contributed by atoms with Crippen LogP contribution in [0.15, 0.2) is 151 Å². The van der Waals surface area contributed by atoms with Gasteiger partial charge in [-0.25, -0.2) is 19.5 Å². The molecule has 4 aromatic carbocycles. The highest BCUT2D eigenvalue weighted by atomic mass is 35.6. The van der Waals surface area contributed by atoms with Crippen molar-refractivity contribution in [3.05, 3.63) is 174 Å². The Balaban J connectivity index is 0.000000222. The molecule has 284 valence electrons. The van der Waals surface area contributed by atoms with Gasteiger partial charge < -0.3 is 5.32 Å². The molecule has 1 aliphatic heterocycles. The first-order valence-corrected chi connectivity index (χ1v) is 20.3. The van der Waals surface area contributed by atoms with Gasteiger partial charge in [-0.15, -0.1) is 0 Å². The third-order valence-electron chi connectivity index (χ3n) is 9.52. The number of nitrogens with one attached hydrogen (secondary N) is 1. The van der Waals surface area contributed by atoms with Crippen molar-refractivity contribution in [3.8, 4) is 0 Å². The molecule has 12 heteroatoms. The van der Waals surface area contributed by atoms with Gasteiger partial charge in [0.15, 0.2) is 17.5 Å². The number of halogens is 6. The van der Waals surface area contributed by atoms with Crippen molar-refractivity contribution in [1.29, 1.82) is 0 Å². The van der Waals surface area contributed by atoms with Crippen LogP contribution < -0.4 is 21.7 Å². The fourth-order valence-corrected chi connectivity index (χ4v) is 7.39. The maximum absolute atomic E-state index is 5.90. The lowest BCUT2D eigenvalue weighted by molar-refractivity contribution is -0.550. The quantitative estimate of drug-likeness (QED) is 0.0658. The van der Waals surface area contributed by atoms with Crippen molar-refractivity contribution in [2.75, 3.05) is 7.05 Å². The van der Waals surface area contributed by atoms with Crippen LogP contribution in [0.2, 0.25) is 6.32 Å². The summed E-state index contributed by atoms with van der Waals surface area (Å²) in [5.41, 5.74) is 7.56. The predicted molar refractivity (Wildman–Crippen MR) is 237 cm³/mol. The lowest BCUT2D eigenvalue weighted by Gasteiger charge is -2.43. The van der Waals surface area contributed by atoms with Crippen LogP contribution in [-0.4, -0.2) is 38.4 Å². The van der Waals surface area contributed by atoms with E-state index in [1.54, 1.807) is 12.2 Å². The topological polar surface area (TPSA) is 53.7 Å². The first kappa shape index (κ1) is 42.5. The van der Waals surface area contributed by atoms with Crippen LogP contribution in [0.25, 0.3) is 6.08 Å². The van der Waals surface area contributed by atoms with Gasteiger partial charge in [0.05, 0.1) is 6.15 Å². The van der Waals surface area contributed by atoms with E-state index in [0.29, 0.717) is 0 Å². The molecule has 2 heterocycles. The van der Waals surface area contributed by atoms with Gasteiger partial charge in [-0.05, 0) is 13.0 Å². The fraction of sp³-hybridized carbons (Fsp3) is 0.209. The highest BCUT2D eigenvalue weighted by Gasteiger charge is 2.34. The summed E-state index contributed by atoms with van der Waals surface area (Å²) in [6.45, 7) is 4.30. The van der Waals surface area contributed by atoms with Crippen molar-refractivity contribution in [1.82, 2.24) is 20.3 Å². The average molecular weight is 852 g/mol. The summed E-state index contributed by atoms with van der Waals surface area (Å²) in [5, 5.41) is 3.48. The molecule has 5 aromatic rings. The minimum atomic E-state index is -1.89. The molecule has 6 rings (SSSR count). The van der Waals surface area contributed by atoms with E-state index < -0.39 is 13.7 Å². The monoisotopic (exact) mass is 849 g/mol. The largest absolute Gasteiger partial charge is 0.328 e. The third-order valence-corrected chi connectivity index (χ3v) is 10.5. The summed E-state index contributed by atoms with van der Waals surface area (Å²) in [5.74, 6) is -0.0943. The molecule has 0 amide bonds. The molecule has 0 aliphatic carbocycles. The van der Waals surface area contributed by atoms with E-state index in [4.69, 9.17) is 69.6 Å². The second-order valence-corrected chi connectivity index (χ2v) is 17.9. The lowest BCUT2D eigenvalue weighted by Crippen LogP contribution is -2.66. The average Bonchev–Trinajstić information content (AvgIpc) is 3.19. The van der Waals surface area contributed by atoms with E-state index in [1.165, 1.54) is 35.6 Å². The highest BCUT2D eigenvalue weighted by molar-refractivity contribution is 7.11. The lowest BCUT2D eigenvalue weighted by atomic mass is 9.14. The summed E-state index contributed by atoms with van der Waals surface area (Å²) in [6, 6.07) is 43.4. The number of nitrogens with zero attached hydrogens (tertiary/aromatic N) is 4. The standard InChI is InChI=1S/C22H24B.C21H17Cl6N5/c1-2-3-19-23(20-13-7-4-8-14-20,21-15-9-5-10-16-21)22-17-11-6-12-18-22;1-13-12-15(32(2)17(28-13)14-8-4-3-5-9-14)10-6-7-11-16-29-18(20(22,23)24)31-19(30-16)21(25,26)27/h4-18H,2-3,19H2,1H3;3-12,17H,1-2H3/q-1;/p+1. The molecule has 1 atom stereocenters. The molecular formula is C43H42BCl6N5. The molecule has 1 N–H and O–H groups in total. The summed E-state index contributed by atoms with van der Waals surface area (Å²) in [4.78, 5) is 12.2. The number of unbranched alkanes of at least 4 members (excludes halogenated alkanes) is 1. The minimum Gasteiger partial charge on any atom is -0.328 e. The number of hydrogen-bond acceptors (Lipinski definition) is 4. The number of allylic oxidation sites excluding steroid dienone is 5. The first-order chi connectivity index (χ1) is 26.3. The zero-order valence-electron chi connectivity index (χ0n) is 30.8. The van der Waals surface area contributed by atoms with E-state index in [9.17, 15) is 0 Å². The van der Waals surface area contributed by atoms with Gasteiger partial charge in [0.25, 0.3) is 6.17 Å². The van der Waals surface area contributed by atoms with Gasteiger partial charge in [-0.3, -0.25) is 0 Å². The smallest absolute Gasteiger partial charge is 0.252 e. The number of alkyl halides is 6. The maximum atomic E-state index is 5.90. The van der Waals surface area contributed by atoms with Crippen molar-refractivity contribution >= 4 is 104 Å². The molecule has 55 heavy (non-hydrogen) atoms. The van der Waals surface area contributed by atoms with Crippen LogP contribution in [0.5, 0.6) is 0 Å². The molecule has 1 unspecified atom stereocenters. The Bertz CT molecular complexity index is 1990. The summed E-state index contributed by atoms with van der Waals surface area (Å²) < 4.78 is -1.65. The molecule has 1 aromatic heterocycles. The maximum Gasteiger partial charge on any atom is 0.252 e. The Hall–Kier alpha value is -3.62. The van der Waals surface area contributed by atoms with Crippen molar-refractivity contribution in [2.45, 2.75) is 46.8 Å². The molecule has 1 aliphatic rings. The van der Waals surface area contributed by atoms with Crippen LogP contribution in [0.3, 0.4) is 0 Å². The van der Waals surface area contributed by atoms with Gasteiger partial charge in [-0.2, -0.15) is 22.7 Å². The van der Waals surface area contributed by atoms with Crippen LogP contribution >= 0.6 is 69.6 Å². The zero-order valence-corrected chi connectivity index (χ0v) is 35.3. The first-order valence-electron chi connectivity index (χ1n) is 18.0. The Morgan fingerprint density at radius 3 is 1.53 bits per heavy atom. The molecule has 0 saturated carbocycles. The third kappa shape index (κ3) is 11.3. The summed E-state index contributed by atoms with van der Waals surface area (Å²) >= 11 is 35.4. The van der Waals surface area contributed by atoms with Crippen LogP contribution in [0, 0.1) is 0 Å². The molecule has 0 radical (unpaired) electrons. The zero-order chi connectivity index (χ0) is 39.5. The second kappa shape index (κ2) is 19.5. The van der Waals surface area contributed by atoms with Crippen molar-refractivity contribution < 1.29 is 4.58 Å². The summed E-state index contributed by atoms with van der Waals surface area (Å²) in [6.07, 6.45) is 11.9. The Morgan fingerprint density at radius 2 is 1.09 bits per heavy atom. The Kier molecular flexibility index (Phi) is 15.1. The van der Waals surface area contributed by atoms with E-state index in [1.807, 2.05) is 44.3 Å². The molecule has 0 saturated heterocycles. The van der Waals surface area contributed by atoms with Crippen LogP contribution in [-0.2, 0) is 7.59 Å². The van der Waals surface area contributed by atoms with Crippen LogP contribution in [0.4, 0.5) is 0 Å². The highest BCUT2D eigenvalue weighted by Crippen LogP contribution is 2.40. The Morgan fingerprint density at radius 1 is 0.655 bits per heavy atom. The molecule has 5 nitrogen and oxygen atoms in total. The molecule has 0 spiro atoms. The van der Waals surface area contributed by atoms with Gasteiger partial charge in [0.2, 0.25) is 13.3 Å². The fourth-order valence-electron chi connectivity index (χ4n) is 6.88. The second-order valence-electron chi connectivity index (χ2n) is 13.3. The predicted octanol–water partition coefficient (Wildman–Crippen LogP) is 10.3. The molecule has 0 bridgehead atoms. The number of hydrogen-bond donors (Lipinski definition) is 1. The summed E-state index contributed by atoms with van der Waals surface area (Å²) in [7, 11) is 2.02. The van der Waals surface area contributed by atoms with Gasteiger partial charge in [-0.1, -0.05) is 223 Å². The SMILES string of the molecule is CC1=CC(C=CC=Cc2nc(C(Cl)(Cl)Cl)nc(C(Cl)(Cl)Cl)n2)=[N+](C)C(c2ccccc2)N1.CCCC[B-](c1ccccc1)(c1ccccc1)c1ccccc1. The van der Waals surface area contributed by atoms with E-state index in [2.05, 4.69) is 141 Å². The van der Waals surface area contributed by atoms with E-state index in [-0.39, 0.29) is 23.6 Å². The number of rotatable bonds is 10. The van der Waals surface area contributed by atoms with Gasteiger partial charge in [0, 0.05) is 23.4 Å². The number of benzene rings is 4. The number of aromatic nitrogens is 3. The van der Waals surface area contributed by atoms with Crippen molar-refractivity contribution in [3.63, 3.8) is 0 Å². The van der Waals surface area contributed by atoms with Crippen molar-refractivity contribution in [2.24, 2.45) is 0 Å².